The minimum atomic E-state index is 0.202. The van der Waals surface area contributed by atoms with Crippen molar-refractivity contribution in [1.29, 1.82) is 0 Å². The molecule has 0 spiro atoms. The lowest BCUT2D eigenvalue weighted by Gasteiger charge is -2.41. The van der Waals surface area contributed by atoms with E-state index < -0.39 is 0 Å². The molecular weight excluding hydrogens is 230 g/mol. The maximum Gasteiger partial charge on any atom is 0.00968 e. The molecule has 1 aromatic rings. The molecule has 1 N–H and O–H groups in total. The first-order valence-corrected chi connectivity index (χ1v) is 7.80. The van der Waals surface area contributed by atoms with E-state index in [0.717, 1.165) is 6.54 Å². The average molecular weight is 259 g/mol. The first-order valence-electron chi connectivity index (χ1n) is 7.80. The van der Waals surface area contributed by atoms with Crippen LogP contribution in [0.15, 0.2) is 24.3 Å². The number of aryl methyl sites for hydroxylation is 1. The van der Waals surface area contributed by atoms with E-state index in [1.54, 1.807) is 11.1 Å². The summed E-state index contributed by atoms with van der Waals surface area (Å²) in [6.45, 7) is 10.2. The molecule has 0 radical (unpaired) electrons. The summed E-state index contributed by atoms with van der Waals surface area (Å²) in [5.74, 6) is 0. The summed E-state index contributed by atoms with van der Waals surface area (Å²) < 4.78 is 0. The van der Waals surface area contributed by atoms with Gasteiger partial charge >= 0.3 is 0 Å². The van der Waals surface area contributed by atoms with Crippen LogP contribution in [0.5, 0.6) is 0 Å². The fraction of sp³-hybridized carbons (Fsp3) is 0.667. The highest BCUT2D eigenvalue weighted by molar-refractivity contribution is 5.37. The van der Waals surface area contributed by atoms with Crippen LogP contribution in [-0.2, 0) is 11.8 Å². The maximum atomic E-state index is 3.76. The van der Waals surface area contributed by atoms with Crippen molar-refractivity contribution in [1.82, 2.24) is 5.32 Å². The van der Waals surface area contributed by atoms with Crippen molar-refractivity contribution in [2.45, 2.75) is 70.8 Å². The monoisotopic (exact) mass is 259 g/mol. The Morgan fingerprint density at radius 1 is 1.21 bits per heavy atom. The highest BCUT2D eigenvalue weighted by Gasteiger charge is 2.36. The van der Waals surface area contributed by atoms with Gasteiger partial charge in [0.2, 0.25) is 0 Å². The summed E-state index contributed by atoms with van der Waals surface area (Å²) in [5.41, 5.74) is 3.75. The van der Waals surface area contributed by atoms with Gasteiger partial charge in [0.15, 0.2) is 0 Å². The van der Waals surface area contributed by atoms with Crippen molar-refractivity contribution in [2.24, 2.45) is 0 Å². The normalized spacial score (nSPS) is 23.2. The molecule has 0 saturated heterocycles. The lowest BCUT2D eigenvalue weighted by atomic mass is 9.67. The molecule has 1 heteroatoms. The molecule has 1 aromatic carbocycles. The summed E-state index contributed by atoms with van der Waals surface area (Å²) in [7, 11) is 0. The predicted octanol–water partition coefficient (Wildman–Crippen LogP) is 4.45. The molecule has 106 valence electrons. The van der Waals surface area contributed by atoms with Gasteiger partial charge < -0.3 is 5.32 Å². The van der Waals surface area contributed by atoms with E-state index in [2.05, 4.69) is 57.3 Å². The standard InChI is InChI=1S/C18H29N/c1-5-12-18(14-19-17(2,3)4)13-8-10-15-9-6-7-11-16(15)18/h6-7,9,11,19H,5,8,10,12-14H2,1-4H3. The lowest BCUT2D eigenvalue weighted by molar-refractivity contribution is 0.278. The van der Waals surface area contributed by atoms with Crippen molar-refractivity contribution in [3.05, 3.63) is 35.4 Å². The molecule has 1 aliphatic rings. The molecule has 0 aliphatic heterocycles. The van der Waals surface area contributed by atoms with E-state index in [9.17, 15) is 0 Å². The number of fused-ring (bicyclic) bond motifs is 1. The molecule has 1 nitrogen and oxygen atoms in total. The Bertz CT molecular complexity index is 416. The average Bonchev–Trinajstić information content (AvgIpc) is 2.37. The maximum absolute atomic E-state index is 3.76. The molecule has 0 saturated carbocycles. The van der Waals surface area contributed by atoms with Crippen LogP contribution in [-0.4, -0.2) is 12.1 Å². The Hall–Kier alpha value is -0.820. The third-order valence-electron chi connectivity index (χ3n) is 4.38. The van der Waals surface area contributed by atoms with E-state index in [1.807, 2.05) is 0 Å². The Morgan fingerprint density at radius 3 is 2.63 bits per heavy atom. The van der Waals surface area contributed by atoms with Crippen LogP contribution in [0.4, 0.5) is 0 Å². The van der Waals surface area contributed by atoms with Crippen molar-refractivity contribution >= 4 is 0 Å². The molecular formula is C18H29N. The van der Waals surface area contributed by atoms with Crippen molar-refractivity contribution in [3.63, 3.8) is 0 Å². The van der Waals surface area contributed by atoms with Gasteiger partial charge in [-0.3, -0.25) is 0 Å². The van der Waals surface area contributed by atoms with Gasteiger partial charge in [0.05, 0.1) is 0 Å². The van der Waals surface area contributed by atoms with Crippen molar-refractivity contribution < 1.29 is 0 Å². The number of rotatable bonds is 4. The molecule has 0 bridgehead atoms. The van der Waals surface area contributed by atoms with E-state index in [4.69, 9.17) is 0 Å². The SMILES string of the molecule is CCCC1(CNC(C)(C)C)CCCc2ccccc21. The van der Waals surface area contributed by atoms with E-state index >= 15 is 0 Å². The molecule has 0 amide bonds. The van der Waals surface area contributed by atoms with E-state index in [1.165, 1.54) is 32.1 Å². The third-order valence-corrected chi connectivity index (χ3v) is 4.38. The highest BCUT2D eigenvalue weighted by Crippen LogP contribution is 2.40. The van der Waals surface area contributed by atoms with Gasteiger partial charge in [-0.25, -0.2) is 0 Å². The van der Waals surface area contributed by atoms with Gasteiger partial charge in [-0.2, -0.15) is 0 Å². The fourth-order valence-corrected chi connectivity index (χ4v) is 3.45. The Balaban J connectivity index is 2.29. The molecule has 19 heavy (non-hydrogen) atoms. The van der Waals surface area contributed by atoms with Crippen LogP contribution in [0, 0.1) is 0 Å². The van der Waals surface area contributed by atoms with Gasteiger partial charge in [0.1, 0.15) is 0 Å². The minimum Gasteiger partial charge on any atom is -0.311 e. The van der Waals surface area contributed by atoms with Gasteiger partial charge in [-0.1, -0.05) is 37.6 Å². The second-order valence-corrected chi connectivity index (χ2v) is 7.14. The summed E-state index contributed by atoms with van der Waals surface area (Å²) in [4.78, 5) is 0. The predicted molar refractivity (Wildman–Crippen MR) is 83.7 cm³/mol. The van der Waals surface area contributed by atoms with Crippen LogP contribution in [0.25, 0.3) is 0 Å². The third kappa shape index (κ3) is 3.39. The molecule has 1 atom stereocenters. The first-order chi connectivity index (χ1) is 8.97. The minimum absolute atomic E-state index is 0.202. The first kappa shape index (κ1) is 14.6. The number of hydrogen-bond donors (Lipinski definition) is 1. The second kappa shape index (κ2) is 5.66. The quantitative estimate of drug-likeness (QED) is 0.842. The summed E-state index contributed by atoms with van der Waals surface area (Å²) in [6, 6.07) is 9.11. The van der Waals surface area contributed by atoms with Crippen molar-refractivity contribution in [2.75, 3.05) is 6.54 Å². The van der Waals surface area contributed by atoms with Crippen LogP contribution < -0.4 is 5.32 Å². The zero-order valence-corrected chi connectivity index (χ0v) is 13.1. The van der Waals surface area contributed by atoms with E-state index in [0.29, 0.717) is 5.41 Å². The number of benzene rings is 1. The van der Waals surface area contributed by atoms with Crippen LogP contribution >= 0.6 is 0 Å². The van der Waals surface area contributed by atoms with Crippen LogP contribution in [0.3, 0.4) is 0 Å². The van der Waals surface area contributed by atoms with Gasteiger partial charge in [-0.05, 0) is 57.6 Å². The summed E-state index contributed by atoms with van der Waals surface area (Å²) in [6.07, 6.45) is 6.49. The Morgan fingerprint density at radius 2 is 1.95 bits per heavy atom. The zero-order chi connectivity index (χ0) is 13.9. The molecule has 1 unspecified atom stereocenters. The summed E-state index contributed by atoms with van der Waals surface area (Å²) in [5, 5.41) is 3.76. The summed E-state index contributed by atoms with van der Waals surface area (Å²) >= 11 is 0. The lowest BCUT2D eigenvalue weighted by Crippen LogP contribution is -2.47. The molecule has 0 fully saturated rings. The Kier molecular flexibility index (Phi) is 4.35. The molecule has 1 aliphatic carbocycles. The largest absolute Gasteiger partial charge is 0.311 e. The van der Waals surface area contributed by atoms with Gasteiger partial charge in [0.25, 0.3) is 0 Å². The highest BCUT2D eigenvalue weighted by atomic mass is 15.0. The zero-order valence-electron chi connectivity index (χ0n) is 13.1. The van der Waals surface area contributed by atoms with Crippen LogP contribution in [0.1, 0.15) is 64.5 Å². The second-order valence-electron chi connectivity index (χ2n) is 7.14. The molecule has 2 rings (SSSR count). The Labute approximate surface area is 118 Å². The topological polar surface area (TPSA) is 12.0 Å². The van der Waals surface area contributed by atoms with Gasteiger partial charge in [0, 0.05) is 17.5 Å². The number of nitrogens with one attached hydrogen (secondary N) is 1. The van der Waals surface area contributed by atoms with Crippen molar-refractivity contribution in [3.8, 4) is 0 Å². The van der Waals surface area contributed by atoms with E-state index in [-0.39, 0.29) is 5.54 Å². The molecule has 0 aromatic heterocycles. The fourth-order valence-electron chi connectivity index (χ4n) is 3.45. The smallest absolute Gasteiger partial charge is 0.00968 e. The van der Waals surface area contributed by atoms with Crippen LogP contribution in [0.2, 0.25) is 0 Å². The molecule has 0 heterocycles. The number of hydrogen-bond acceptors (Lipinski definition) is 1. The van der Waals surface area contributed by atoms with Gasteiger partial charge in [-0.15, -0.1) is 0 Å².